The number of pyridine rings is 2. The van der Waals surface area contributed by atoms with E-state index in [1.807, 2.05) is 19.1 Å². The third kappa shape index (κ3) is 6.64. The van der Waals surface area contributed by atoms with Gasteiger partial charge in [0.15, 0.2) is 0 Å². The van der Waals surface area contributed by atoms with E-state index in [4.69, 9.17) is 5.26 Å². The summed E-state index contributed by atoms with van der Waals surface area (Å²) in [5, 5.41) is 21.7. The number of amides is 1. The number of carbonyl (C=O) groups is 1. The smallest absolute Gasteiger partial charge is 0.255 e. The van der Waals surface area contributed by atoms with Crippen molar-refractivity contribution < 1.29 is 4.79 Å². The first-order valence-electron chi connectivity index (χ1n) is 11.9. The maximum Gasteiger partial charge on any atom is 0.255 e. The average Bonchev–Trinajstić information content (AvgIpc) is 2.89. The summed E-state index contributed by atoms with van der Waals surface area (Å²) in [5.74, 6) is 0.362. The van der Waals surface area contributed by atoms with Crippen LogP contribution in [0.1, 0.15) is 44.4 Å². The molecular weight excluding hydrogens is 450 g/mol. The molecule has 1 N–H and O–H groups in total. The van der Waals surface area contributed by atoms with Crippen LogP contribution >= 0.6 is 0 Å². The fourth-order valence-electron chi connectivity index (χ4n) is 3.83. The van der Waals surface area contributed by atoms with Crippen LogP contribution in [0.2, 0.25) is 0 Å². The standard InChI is InChI=1S/C28H31N7O/c1-5-21(9-10-31-19-28(3,4)18-30)27(36)34-24-14-25(20(2)32-17-24)23-13-22(15-29)26(33-16-23)35-11-7-6-8-12-35/h5,9-10,13-14,16-17H,1,6-8,11-12,19H2,2-4H3,(H,34,36)/b21-9+,31-10-. The number of hydrogen-bond donors (Lipinski definition) is 1. The molecular formula is C28H31N7O. The highest BCUT2D eigenvalue weighted by molar-refractivity contribution is 6.08. The molecule has 0 aliphatic carbocycles. The lowest BCUT2D eigenvalue weighted by Crippen LogP contribution is -2.30. The molecule has 8 heteroatoms. The predicted molar refractivity (Wildman–Crippen MR) is 143 cm³/mol. The van der Waals surface area contributed by atoms with E-state index < -0.39 is 5.41 Å². The number of nitriles is 2. The van der Waals surface area contributed by atoms with Crippen molar-refractivity contribution in [3.05, 3.63) is 60.1 Å². The molecule has 1 fully saturated rings. The van der Waals surface area contributed by atoms with Crippen LogP contribution in [0.4, 0.5) is 11.5 Å². The van der Waals surface area contributed by atoms with Gasteiger partial charge in [0.25, 0.3) is 5.91 Å². The largest absolute Gasteiger partial charge is 0.356 e. The second kappa shape index (κ2) is 11.9. The van der Waals surface area contributed by atoms with Gasteiger partial charge in [-0.2, -0.15) is 10.5 Å². The Morgan fingerprint density at radius 2 is 1.97 bits per heavy atom. The van der Waals surface area contributed by atoms with Crippen LogP contribution in [0.15, 0.2) is 53.8 Å². The van der Waals surface area contributed by atoms with E-state index in [9.17, 15) is 10.1 Å². The van der Waals surface area contributed by atoms with Crippen molar-refractivity contribution in [3.8, 4) is 23.3 Å². The molecule has 0 saturated carbocycles. The Hall–Kier alpha value is -4.30. The molecule has 1 saturated heterocycles. The lowest BCUT2D eigenvalue weighted by atomic mass is 9.96. The molecule has 3 rings (SSSR count). The topological polar surface area (TPSA) is 118 Å². The van der Waals surface area contributed by atoms with E-state index in [0.717, 1.165) is 48.6 Å². The summed E-state index contributed by atoms with van der Waals surface area (Å²) in [6, 6.07) is 8.13. The summed E-state index contributed by atoms with van der Waals surface area (Å²) < 4.78 is 0. The van der Waals surface area contributed by atoms with Crippen molar-refractivity contribution in [2.75, 3.05) is 29.9 Å². The van der Waals surface area contributed by atoms with E-state index in [1.54, 1.807) is 32.3 Å². The van der Waals surface area contributed by atoms with Crippen LogP contribution in [0, 0.1) is 35.0 Å². The van der Waals surface area contributed by atoms with Crippen molar-refractivity contribution >= 4 is 23.6 Å². The van der Waals surface area contributed by atoms with E-state index in [1.165, 1.54) is 18.7 Å². The molecule has 1 amide bonds. The SMILES string of the molecule is C=C/C(=C\C=N/CC(C)(C)C#N)C(=O)Nc1cnc(C)c(-c2cnc(N3CCCCC3)c(C#N)c2)c1. The Labute approximate surface area is 212 Å². The van der Waals surface area contributed by atoms with Gasteiger partial charge in [0.05, 0.1) is 35.5 Å². The van der Waals surface area contributed by atoms with Crippen molar-refractivity contribution in [3.63, 3.8) is 0 Å². The zero-order valence-corrected chi connectivity index (χ0v) is 21.1. The van der Waals surface area contributed by atoms with Gasteiger partial charge in [-0.3, -0.25) is 14.8 Å². The van der Waals surface area contributed by atoms with E-state index in [0.29, 0.717) is 23.4 Å². The molecule has 3 heterocycles. The zero-order chi connectivity index (χ0) is 26.1. The molecule has 1 aliphatic rings. The molecule has 0 atom stereocenters. The fraction of sp³-hybridized carbons (Fsp3) is 0.357. The van der Waals surface area contributed by atoms with Gasteiger partial charge >= 0.3 is 0 Å². The summed E-state index contributed by atoms with van der Waals surface area (Å²) in [4.78, 5) is 28.2. The zero-order valence-electron chi connectivity index (χ0n) is 21.1. The third-order valence-electron chi connectivity index (χ3n) is 5.93. The second-order valence-electron chi connectivity index (χ2n) is 9.38. The quantitative estimate of drug-likeness (QED) is 0.322. The summed E-state index contributed by atoms with van der Waals surface area (Å²) in [7, 11) is 0. The molecule has 0 unspecified atom stereocenters. The number of aliphatic imine (C=N–C) groups is 1. The summed E-state index contributed by atoms with van der Waals surface area (Å²) >= 11 is 0. The Morgan fingerprint density at radius 3 is 2.64 bits per heavy atom. The van der Waals surface area contributed by atoms with Crippen molar-refractivity contribution in [2.24, 2.45) is 10.4 Å². The summed E-state index contributed by atoms with van der Waals surface area (Å²) in [6.45, 7) is 11.3. The number of piperidine rings is 1. The molecule has 2 aromatic rings. The van der Waals surface area contributed by atoms with Gasteiger partial charge in [-0.25, -0.2) is 4.98 Å². The molecule has 0 spiro atoms. The van der Waals surface area contributed by atoms with Crippen LogP contribution < -0.4 is 10.2 Å². The van der Waals surface area contributed by atoms with Gasteiger partial charge in [0.1, 0.15) is 11.9 Å². The number of aryl methyl sites for hydroxylation is 1. The first-order valence-corrected chi connectivity index (χ1v) is 11.9. The molecule has 184 valence electrons. The van der Waals surface area contributed by atoms with Gasteiger partial charge in [-0.05, 0) is 58.2 Å². The third-order valence-corrected chi connectivity index (χ3v) is 5.93. The summed E-state index contributed by atoms with van der Waals surface area (Å²) in [5.41, 5.74) is 3.10. The minimum absolute atomic E-state index is 0.326. The van der Waals surface area contributed by atoms with E-state index in [-0.39, 0.29) is 5.91 Å². The Bertz CT molecular complexity index is 1270. The van der Waals surface area contributed by atoms with Crippen molar-refractivity contribution in [2.45, 2.75) is 40.0 Å². The minimum Gasteiger partial charge on any atom is -0.356 e. The van der Waals surface area contributed by atoms with Gasteiger partial charge in [0, 0.05) is 47.9 Å². The van der Waals surface area contributed by atoms with Crippen molar-refractivity contribution in [1.29, 1.82) is 10.5 Å². The Kier molecular flexibility index (Phi) is 8.70. The van der Waals surface area contributed by atoms with Crippen molar-refractivity contribution in [1.82, 2.24) is 9.97 Å². The molecule has 36 heavy (non-hydrogen) atoms. The average molecular weight is 482 g/mol. The van der Waals surface area contributed by atoms with Gasteiger partial charge in [-0.15, -0.1) is 0 Å². The number of rotatable bonds is 8. The van der Waals surface area contributed by atoms with Crippen LogP contribution in [0.5, 0.6) is 0 Å². The fourth-order valence-corrected chi connectivity index (χ4v) is 3.83. The highest BCUT2D eigenvalue weighted by atomic mass is 16.1. The lowest BCUT2D eigenvalue weighted by Gasteiger charge is -2.28. The first kappa shape index (κ1) is 26.3. The van der Waals surface area contributed by atoms with E-state index >= 15 is 0 Å². The van der Waals surface area contributed by atoms with Crippen LogP contribution in [-0.4, -0.2) is 41.7 Å². The van der Waals surface area contributed by atoms with Gasteiger partial charge in [0.2, 0.25) is 0 Å². The predicted octanol–water partition coefficient (Wildman–Crippen LogP) is 4.99. The Balaban J connectivity index is 1.80. The van der Waals surface area contributed by atoms with Crippen LogP contribution in [0.3, 0.4) is 0 Å². The molecule has 2 aromatic heterocycles. The molecule has 0 aromatic carbocycles. The highest BCUT2D eigenvalue weighted by Gasteiger charge is 2.18. The number of aromatic nitrogens is 2. The van der Waals surface area contributed by atoms with Gasteiger partial charge < -0.3 is 10.2 Å². The second-order valence-corrected chi connectivity index (χ2v) is 9.38. The summed E-state index contributed by atoms with van der Waals surface area (Å²) in [6.07, 6.45) is 11.3. The Morgan fingerprint density at radius 1 is 1.22 bits per heavy atom. The number of allylic oxidation sites excluding steroid dienone is 1. The number of anilines is 2. The highest BCUT2D eigenvalue weighted by Crippen LogP contribution is 2.29. The monoisotopic (exact) mass is 481 g/mol. The molecule has 0 radical (unpaired) electrons. The van der Waals surface area contributed by atoms with Crippen LogP contribution in [-0.2, 0) is 4.79 Å². The molecule has 0 bridgehead atoms. The minimum atomic E-state index is -0.572. The number of hydrogen-bond acceptors (Lipinski definition) is 7. The molecule has 8 nitrogen and oxygen atoms in total. The first-order chi connectivity index (χ1) is 17.3. The number of carbonyl (C=O) groups excluding carboxylic acids is 1. The lowest BCUT2D eigenvalue weighted by molar-refractivity contribution is -0.112. The number of nitrogens with zero attached hydrogens (tertiary/aromatic N) is 6. The molecule has 1 aliphatic heterocycles. The van der Waals surface area contributed by atoms with E-state index in [2.05, 4.69) is 43.9 Å². The number of nitrogens with one attached hydrogen (secondary N) is 1. The maximum atomic E-state index is 12.8. The van der Waals surface area contributed by atoms with Crippen LogP contribution in [0.25, 0.3) is 11.1 Å². The normalized spacial score (nSPS) is 14.2. The van der Waals surface area contributed by atoms with Gasteiger partial charge in [-0.1, -0.05) is 12.7 Å². The maximum absolute atomic E-state index is 12.8.